The van der Waals surface area contributed by atoms with Crippen molar-refractivity contribution in [2.75, 3.05) is 5.75 Å². The average Bonchev–Trinajstić information content (AvgIpc) is 2.73. The van der Waals surface area contributed by atoms with Crippen molar-refractivity contribution in [2.24, 2.45) is 0 Å². The van der Waals surface area contributed by atoms with E-state index in [1.165, 1.54) is 0 Å². The summed E-state index contributed by atoms with van der Waals surface area (Å²) in [6, 6.07) is 3.55. The van der Waals surface area contributed by atoms with Crippen LogP contribution >= 0.6 is 11.6 Å². The van der Waals surface area contributed by atoms with Gasteiger partial charge in [0.05, 0.1) is 5.75 Å². The third kappa shape index (κ3) is 3.93. The fraction of sp³-hybridized carbons (Fsp3) is 0.583. The predicted molar refractivity (Wildman–Crippen MR) is 72.1 cm³/mol. The lowest BCUT2D eigenvalue weighted by Crippen LogP contribution is -2.39. The second-order valence-electron chi connectivity index (χ2n) is 4.60. The number of halogens is 1. The van der Waals surface area contributed by atoms with Gasteiger partial charge in [-0.3, -0.25) is 4.98 Å². The number of aromatic nitrogens is 1. The summed E-state index contributed by atoms with van der Waals surface area (Å²) < 4.78 is 26.5. The zero-order valence-electron chi connectivity index (χ0n) is 10.0. The maximum atomic E-state index is 11.9. The van der Waals surface area contributed by atoms with Crippen LogP contribution in [0.25, 0.3) is 0 Å². The van der Waals surface area contributed by atoms with Gasteiger partial charge >= 0.3 is 0 Å². The lowest BCUT2D eigenvalue weighted by Gasteiger charge is -2.15. The Hall–Kier alpha value is -0.650. The minimum atomic E-state index is -3.25. The number of pyridine rings is 1. The van der Waals surface area contributed by atoms with E-state index in [2.05, 4.69) is 9.71 Å². The van der Waals surface area contributed by atoms with Crippen LogP contribution in [-0.2, 0) is 16.4 Å². The molecule has 0 amide bonds. The van der Waals surface area contributed by atoms with Gasteiger partial charge in [0, 0.05) is 23.8 Å². The molecule has 1 N–H and O–H groups in total. The Kier molecular flexibility index (Phi) is 4.59. The summed E-state index contributed by atoms with van der Waals surface area (Å²) in [6.07, 6.45) is 6.55. The molecule has 2 atom stereocenters. The Labute approximate surface area is 113 Å². The third-order valence-corrected chi connectivity index (χ3v) is 5.10. The molecule has 4 nitrogen and oxygen atoms in total. The number of rotatable bonds is 5. The second kappa shape index (κ2) is 5.99. The summed E-state index contributed by atoms with van der Waals surface area (Å²) in [7, 11) is -3.25. The molecule has 2 rings (SSSR count). The Bertz CT molecular complexity index is 478. The van der Waals surface area contributed by atoms with Crippen molar-refractivity contribution >= 4 is 21.6 Å². The molecule has 0 aromatic carbocycles. The molecule has 2 unspecified atom stereocenters. The number of nitrogens with one attached hydrogen (secondary N) is 1. The number of alkyl halides is 1. The Balaban J connectivity index is 1.88. The molecular weight excluding hydrogens is 272 g/mol. The average molecular weight is 289 g/mol. The number of nitrogens with zero attached hydrogens (tertiary/aromatic N) is 1. The van der Waals surface area contributed by atoms with E-state index in [4.69, 9.17) is 11.6 Å². The van der Waals surface area contributed by atoms with Gasteiger partial charge in [-0.15, -0.1) is 11.6 Å². The Morgan fingerprint density at radius 3 is 2.67 bits per heavy atom. The molecule has 1 aliphatic rings. The standard InChI is InChI=1S/C12H17ClN2O2S/c13-11-2-1-3-12(11)15-18(16,17)9-6-10-4-7-14-8-5-10/h4-5,7-8,11-12,15H,1-3,6,9H2. The minimum Gasteiger partial charge on any atom is -0.265 e. The van der Waals surface area contributed by atoms with Crippen LogP contribution in [0.5, 0.6) is 0 Å². The Morgan fingerprint density at radius 2 is 2.06 bits per heavy atom. The maximum absolute atomic E-state index is 11.9. The van der Waals surface area contributed by atoms with E-state index in [1.54, 1.807) is 12.4 Å². The van der Waals surface area contributed by atoms with Gasteiger partial charge in [-0.05, 0) is 37.0 Å². The summed E-state index contributed by atoms with van der Waals surface area (Å²) in [5, 5.41) is -0.0688. The van der Waals surface area contributed by atoms with E-state index in [1.807, 2.05) is 12.1 Å². The molecule has 1 aromatic heterocycles. The Morgan fingerprint density at radius 1 is 1.33 bits per heavy atom. The molecule has 1 saturated carbocycles. The van der Waals surface area contributed by atoms with Gasteiger partial charge in [-0.2, -0.15) is 0 Å². The SMILES string of the molecule is O=S(=O)(CCc1ccncc1)NC1CCCC1Cl. The van der Waals surface area contributed by atoms with Gasteiger partial charge in [0.1, 0.15) is 0 Å². The molecule has 1 aromatic rings. The number of aryl methyl sites for hydroxylation is 1. The molecule has 0 spiro atoms. The normalized spacial score (nSPS) is 24.3. The highest BCUT2D eigenvalue weighted by Crippen LogP contribution is 2.24. The van der Waals surface area contributed by atoms with E-state index in [0.29, 0.717) is 6.42 Å². The lowest BCUT2D eigenvalue weighted by atomic mass is 10.2. The van der Waals surface area contributed by atoms with E-state index >= 15 is 0 Å². The molecule has 0 saturated heterocycles. The van der Waals surface area contributed by atoms with Crippen molar-refractivity contribution < 1.29 is 8.42 Å². The molecule has 100 valence electrons. The van der Waals surface area contributed by atoms with Gasteiger partial charge in [0.2, 0.25) is 10.0 Å². The van der Waals surface area contributed by atoms with Crippen LogP contribution in [0.4, 0.5) is 0 Å². The first kappa shape index (κ1) is 13.8. The second-order valence-corrected chi connectivity index (χ2v) is 7.03. The summed E-state index contributed by atoms with van der Waals surface area (Å²) in [4.78, 5) is 3.90. The van der Waals surface area contributed by atoms with Gasteiger partial charge in [-0.25, -0.2) is 13.1 Å². The molecule has 18 heavy (non-hydrogen) atoms. The highest BCUT2D eigenvalue weighted by Gasteiger charge is 2.28. The largest absolute Gasteiger partial charge is 0.265 e. The fourth-order valence-electron chi connectivity index (χ4n) is 2.14. The summed E-state index contributed by atoms with van der Waals surface area (Å²) in [5.74, 6) is 0.0944. The molecule has 0 radical (unpaired) electrons. The lowest BCUT2D eigenvalue weighted by molar-refractivity contribution is 0.553. The molecule has 6 heteroatoms. The zero-order chi connectivity index (χ0) is 13.0. The minimum absolute atomic E-state index is 0.0688. The smallest absolute Gasteiger partial charge is 0.212 e. The van der Waals surface area contributed by atoms with Crippen molar-refractivity contribution in [2.45, 2.75) is 37.1 Å². The van der Waals surface area contributed by atoms with E-state index in [0.717, 1.165) is 24.8 Å². The number of hydrogen-bond donors (Lipinski definition) is 1. The van der Waals surface area contributed by atoms with Crippen LogP contribution in [0.15, 0.2) is 24.5 Å². The van der Waals surface area contributed by atoms with Crippen LogP contribution in [-0.4, -0.2) is 30.6 Å². The van der Waals surface area contributed by atoms with Gasteiger partial charge in [0.25, 0.3) is 0 Å². The fourth-order valence-corrected chi connectivity index (χ4v) is 3.92. The van der Waals surface area contributed by atoms with Crippen molar-refractivity contribution in [1.29, 1.82) is 0 Å². The van der Waals surface area contributed by atoms with Crippen LogP contribution in [0, 0.1) is 0 Å². The van der Waals surface area contributed by atoms with Gasteiger partial charge < -0.3 is 0 Å². The van der Waals surface area contributed by atoms with Crippen molar-refractivity contribution in [1.82, 2.24) is 9.71 Å². The number of sulfonamides is 1. The van der Waals surface area contributed by atoms with Crippen molar-refractivity contribution in [3.05, 3.63) is 30.1 Å². The maximum Gasteiger partial charge on any atom is 0.212 e. The quantitative estimate of drug-likeness (QED) is 0.839. The van der Waals surface area contributed by atoms with E-state index in [-0.39, 0.29) is 17.2 Å². The molecule has 0 bridgehead atoms. The predicted octanol–water partition coefficient (Wildman–Crippen LogP) is 1.70. The highest BCUT2D eigenvalue weighted by molar-refractivity contribution is 7.89. The summed E-state index contributed by atoms with van der Waals surface area (Å²) >= 11 is 6.07. The van der Waals surface area contributed by atoms with E-state index < -0.39 is 10.0 Å². The molecular formula is C12H17ClN2O2S. The van der Waals surface area contributed by atoms with Gasteiger partial charge in [-0.1, -0.05) is 6.42 Å². The monoisotopic (exact) mass is 288 g/mol. The topological polar surface area (TPSA) is 59.1 Å². The molecule has 0 aliphatic heterocycles. The van der Waals surface area contributed by atoms with Crippen molar-refractivity contribution in [3.63, 3.8) is 0 Å². The first-order chi connectivity index (χ1) is 8.57. The van der Waals surface area contributed by atoms with E-state index in [9.17, 15) is 8.42 Å². The highest BCUT2D eigenvalue weighted by atomic mass is 35.5. The van der Waals surface area contributed by atoms with Gasteiger partial charge in [0.15, 0.2) is 0 Å². The molecule has 1 heterocycles. The van der Waals surface area contributed by atoms with Crippen LogP contribution in [0.2, 0.25) is 0 Å². The molecule has 1 fully saturated rings. The zero-order valence-corrected chi connectivity index (χ0v) is 11.6. The molecule has 1 aliphatic carbocycles. The van der Waals surface area contributed by atoms with Crippen LogP contribution < -0.4 is 4.72 Å². The first-order valence-electron chi connectivity index (χ1n) is 6.10. The number of hydrogen-bond acceptors (Lipinski definition) is 3. The van der Waals surface area contributed by atoms with Crippen LogP contribution in [0.3, 0.4) is 0 Å². The van der Waals surface area contributed by atoms with Crippen LogP contribution in [0.1, 0.15) is 24.8 Å². The first-order valence-corrected chi connectivity index (χ1v) is 8.19. The third-order valence-electron chi connectivity index (χ3n) is 3.17. The summed E-state index contributed by atoms with van der Waals surface area (Å²) in [5.41, 5.74) is 0.976. The summed E-state index contributed by atoms with van der Waals surface area (Å²) in [6.45, 7) is 0. The van der Waals surface area contributed by atoms with Crippen molar-refractivity contribution in [3.8, 4) is 0 Å².